The van der Waals surface area contributed by atoms with Gasteiger partial charge in [0.05, 0.1) is 52.3 Å². The Balaban J connectivity index is 1.32. The molecule has 2 N–H and O–H groups in total. The van der Waals surface area contributed by atoms with Crippen LogP contribution >= 0.6 is 15.9 Å². The van der Waals surface area contributed by atoms with Gasteiger partial charge in [0.2, 0.25) is 5.72 Å². The highest BCUT2D eigenvalue weighted by atomic mass is 79.9. The molecule has 0 unspecified atom stereocenters. The number of ether oxygens (including phenoxy) is 4. The molecule has 0 bridgehead atoms. The molecule has 2 aromatic heterocycles. The predicted octanol–water partition coefficient (Wildman–Crippen LogP) is 8.32. The summed E-state index contributed by atoms with van der Waals surface area (Å²) in [5, 5.41) is 16.8. The highest BCUT2D eigenvalue weighted by molar-refractivity contribution is 9.10. The van der Waals surface area contributed by atoms with E-state index in [0.717, 1.165) is 28.2 Å². The second kappa shape index (κ2) is 16.8. The molecule has 1 aliphatic rings. The van der Waals surface area contributed by atoms with Crippen molar-refractivity contribution in [2.75, 3.05) is 45.8 Å². The molecular formula is C45H49BrN5O6+. The number of hydrogen-bond donors (Lipinski definition) is 2. The largest absolute Gasteiger partial charge is 0.497 e. The first-order valence-corrected chi connectivity index (χ1v) is 20.1. The Labute approximate surface area is 341 Å². The van der Waals surface area contributed by atoms with Gasteiger partial charge in [0.15, 0.2) is 6.10 Å². The van der Waals surface area contributed by atoms with Gasteiger partial charge < -0.3 is 33.9 Å². The fraction of sp³-hybridized carbons (Fsp3) is 0.311. The third kappa shape index (κ3) is 7.21. The number of likely N-dealkylation sites (N-methyl/N-ethyl adjacent to an activating group) is 1. The van der Waals surface area contributed by atoms with Gasteiger partial charge in [0.1, 0.15) is 41.1 Å². The SMILES string of the molecule is CC[N+](CC)(CC)[C@]1(O)C[C@@H](n2cc(Br)c3c(NC(=O)c4ccccc4)ncnc32)O[C@@H]1COC(c1ccccc1)(c1ccc(OC)cc1)c1ccc(OC)cc1. The van der Waals surface area contributed by atoms with Crippen molar-refractivity contribution < 1.29 is 33.3 Å². The van der Waals surface area contributed by atoms with Crippen molar-refractivity contribution in [3.63, 3.8) is 0 Å². The van der Waals surface area contributed by atoms with Crippen LogP contribution in [-0.4, -0.2) is 82.3 Å². The molecule has 11 nitrogen and oxygen atoms in total. The molecule has 1 amide bonds. The molecule has 1 fully saturated rings. The number of carbonyl (C=O) groups excluding carboxylic acids is 1. The van der Waals surface area contributed by atoms with Crippen LogP contribution in [0.4, 0.5) is 5.82 Å². The summed E-state index contributed by atoms with van der Waals surface area (Å²) in [6, 6.07) is 34.9. The maximum atomic E-state index is 13.2. The van der Waals surface area contributed by atoms with E-state index in [1.54, 1.807) is 26.4 Å². The van der Waals surface area contributed by atoms with Crippen molar-refractivity contribution in [2.45, 2.75) is 50.8 Å². The summed E-state index contributed by atoms with van der Waals surface area (Å²) in [7, 11) is 3.29. The van der Waals surface area contributed by atoms with Gasteiger partial charge in [-0.05, 0) is 89.8 Å². The molecule has 3 atom stereocenters. The highest BCUT2D eigenvalue weighted by Gasteiger charge is 2.61. The minimum absolute atomic E-state index is 0.0354. The fourth-order valence-electron chi connectivity index (χ4n) is 8.46. The Morgan fingerprint density at radius 3 is 1.95 bits per heavy atom. The summed E-state index contributed by atoms with van der Waals surface area (Å²) in [5.74, 6) is 1.52. The van der Waals surface area contributed by atoms with Crippen molar-refractivity contribution in [1.82, 2.24) is 14.5 Å². The van der Waals surface area contributed by atoms with Gasteiger partial charge >= 0.3 is 0 Å². The number of hydrogen-bond acceptors (Lipinski definition) is 8. The van der Waals surface area contributed by atoms with Crippen LogP contribution in [-0.2, 0) is 15.1 Å². The van der Waals surface area contributed by atoms with Crippen molar-refractivity contribution in [3.8, 4) is 11.5 Å². The van der Waals surface area contributed by atoms with Crippen LogP contribution in [0.15, 0.2) is 126 Å². The molecule has 57 heavy (non-hydrogen) atoms. The van der Waals surface area contributed by atoms with Gasteiger partial charge in [-0.1, -0.05) is 72.8 Å². The molecule has 1 aliphatic heterocycles. The van der Waals surface area contributed by atoms with E-state index in [1.807, 2.05) is 95.7 Å². The minimum Gasteiger partial charge on any atom is -0.497 e. The lowest BCUT2D eigenvalue weighted by Gasteiger charge is -2.49. The number of methoxy groups -OCH3 is 2. The molecule has 1 saturated heterocycles. The van der Waals surface area contributed by atoms with Gasteiger partial charge in [-0.2, -0.15) is 0 Å². The maximum absolute atomic E-state index is 13.2. The monoisotopic (exact) mass is 834 g/mol. The van der Waals surface area contributed by atoms with Crippen molar-refractivity contribution in [2.24, 2.45) is 0 Å². The number of fused-ring (bicyclic) bond motifs is 1. The first kappa shape index (κ1) is 40.1. The number of aromatic nitrogens is 3. The lowest BCUT2D eigenvalue weighted by molar-refractivity contribution is -0.997. The van der Waals surface area contributed by atoms with E-state index in [1.165, 1.54) is 6.33 Å². The standard InChI is InChI=1S/C45H48BrN5O6/c1-6-51(7-2,8-3)44(53)27-39(50-28-37(46)40-41(47-30-48-42(40)50)49-43(52)31-15-11-9-12-16-31)57-38(44)29-56-45(32-17-13-10-14-18-32,33-19-23-35(54-4)24-20-33)34-21-25-36(55-5)26-22-34/h9-26,28,30,38-39,53H,6-8,27,29H2,1-5H3/p+1/t38-,39+,44+/m1/s1. The summed E-state index contributed by atoms with van der Waals surface area (Å²) in [6.07, 6.45) is 2.15. The average molecular weight is 836 g/mol. The number of rotatable bonds is 15. The van der Waals surface area contributed by atoms with Gasteiger partial charge in [-0.25, -0.2) is 9.97 Å². The topological polar surface area (TPSA) is 117 Å². The summed E-state index contributed by atoms with van der Waals surface area (Å²) < 4.78 is 28.5. The number of nitrogens with one attached hydrogen (secondary N) is 1. The molecule has 4 aromatic carbocycles. The molecule has 0 radical (unpaired) electrons. The van der Waals surface area contributed by atoms with Crippen LogP contribution in [0.3, 0.4) is 0 Å². The Kier molecular flexibility index (Phi) is 11.8. The normalized spacial score (nSPS) is 18.4. The summed E-state index contributed by atoms with van der Waals surface area (Å²) in [5.41, 5.74) is 1.23. The average Bonchev–Trinajstić information content (AvgIpc) is 3.79. The Morgan fingerprint density at radius 1 is 0.860 bits per heavy atom. The van der Waals surface area contributed by atoms with Crippen LogP contribution in [0.1, 0.15) is 60.5 Å². The molecule has 296 valence electrons. The molecule has 0 spiro atoms. The number of nitrogens with zero attached hydrogens (tertiary/aromatic N) is 4. The molecule has 12 heteroatoms. The number of anilines is 1. The zero-order chi connectivity index (χ0) is 40.2. The number of amides is 1. The first-order chi connectivity index (χ1) is 27.7. The Bertz CT molecular complexity index is 2230. The summed E-state index contributed by atoms with van der Waals surface area (Å²) in [4.78, 5) is 22.3. The number of benzene rings is 4. The number of aliphatic hydroxyl groups is 1. The quantitative estimate of drug-likeness (QED) is 0.0603. The van der Waals surface area contributed by atoms with E-state index in [2.05, 4.69) is 64.1 Å². The van der Waals surface area contributed by atoms with Crippen molar-refractivity contribution in [1.29, 1.82) is 0 Å². The lowest BCUT2D eigenvalue weighted by atomic mass is 9.80. The molecule has 3 heterocycles. The van der Waals surface area contributed by atoms with E-state index >= 15 is 0 Å². The van der Waals surface area contributed by atoms with Crippen LogP contribution in [0.5, 0.6) is 11.5 Å². The zero-order valence-electron chi connectivity index (χ0n) is 32.9. The van der Waals surface area contributed by atoms with Crippen LogP contribution < -0.4 is 14.8 Å². The van der Waals surface area contributed by atoms with Crippen molar-refractivity contribution in [3.05, 3.63) is 148 Å². The van der Waals surface area contributed by atoms with Gasteiger partial charge in [0, 0.05) is 16.2 Å². The molecule has 6 aromatic rings. The van der Waals surface area contributed by atoms with E-state index < -0.39 is 23.7 Å². The molecule has 0 aliphatic carbocycles. The maximum Gasteiger partial charge on any atom is 0.256 e. The van der Waals surface area contributed by atoms with E-state index in [-0.39, 0.29) is 18.9 Å². The second-order valence-electron chi connectivity index (χ2n) is 14.2. The molecule has 0 saturated carbocycles. The summed E-state index contributed by atoms with van der Waals surface area (Å²) >= 11 is 3.72. The number of quaternary nitrogens is 1. The lowest BCUT2D eigenvalue weighted by Crippen LogP contribution is -2.68. The van der Waals surface area contributed by atoms with Gasteiger partial charge in [0.25, 0.3) is 5.91 Å². The Morgan fingerprint density at radius 2 is 1.40 bits per heavy atom. The van der Waals surface area contributed by atoms with Crippen LogP contribution in [0, 0.1) is 0 Å². The minimum atomic E-state index is -1.37. The molecular weight excluding hydrogens is 786 g/mol. The van der Waals surface area contributed by atoms with E-state index in [9.17, 15) is 9.90 Å². The zero-order valence-corrected chi connectivity index (χ0v) is 34.5. The predicted molar refractivity (Wildman–Crippen MR) is 223 cm³/mol. The number of carbonyl (C=O) groups is 1. The van der Waals surface area contributed by atoms with E-state index in [0.29, 0.717) is 51.0 Å². The Hall–Kier alpha value is -5.11. The second-order valence-corrected chi connectivity index (χ2v) is 15.1. The van der Waals surface area contributed by atoms with Crippen LogP contribution in [0.2, 0.25) is 0 Å². The van der Waals surface area contributed by atoms with Gasteiger partial charge in [-0.15, -0.1) is 0 Å². The smallest absolute Gasteiger partial charge is 0.256 e. The third-order valence-electron chi connectivity index (χ3n) is 11.7. The first-order valence-electron chi connectivity index (χ1n) is 19.3. The van der Waals surface area contributed by atoms with Crippen molar-refractivity contribution >= 4 is 38.7 Å². The van der Waals surface area contributed by atoms with Gasteiger partial charge in [-0.3, -0.25) is 9.28 Å². The number of halogens is 1. The highest BCUT2D eigenvalue weighted by Crippen LogP contribution is 2.48. The molecule has 7 rings (SSSR count). The third-order valence-corrected chi connectivity index (χ3v) is 12.3. The summed E-state index contributed by atoms with van der Waals surface area (Å²) in [6.45, 7) is 8.37. The van der Waals surface area contributed by atoms with Crippen LogP contribution in [0.25, 0.3) is 11.0 Å². The fourth-order valence-corrected chi connectivity index (χ4v) is 9.05. The van der Waals surface area contributed by atoms with E-state index in [4.69, 9.17) is 18.9 Å².